The van der Waals surface area contributed by atoms with Gasteiger partial charge in [-0.2, -0.15) is 0 Å². The summed E-state index contributed by atoms with van der Waals surface area (Å²) in [5.74, 6) is -1.10. The molecule has 0 aromatic heterocycles. The van der Waals surface area contributed by atoms with Crippen molar-refractivity contribution in [3.8, 4) is 0 Å². The summed E-state index contributed by atoms with van der Waals surface area (Å²) >= 11 is 5.21. The SMILES string of the molecule is C=CC/C=C(\Cl)C(=O)O. The first-order chi connectivity index (χ1) is 4.18. The van der Waals surface area contributed by atoms with Gasteiger partial charge in [0.15, 0.2) is 0 Å². The molecule has 0 saturated carbocycles. The van der Waals surface area contributed by atoms with E-state index in [1.165, 1.54) is 6.08 Å². The molecule has 0 rings (SSSR count). The van der Waals surface area contributed by atoms with Crippen LogP contribution in [-0.2, 0) is 4.79 Å². The average Bonchev–Trinajstić information content (AvgIpc) is 1.82. The lowest BCUT2D eigenvalue weighted by atomic mass is 10.4. The van der Waals surface area contributed by atoms with Crippen molar-refractivity contribution >= 4 is 17.6 Å². The number of hydrogen-bond donors (Lipinski definition) is 1. The first kappa shape index (κ1) is 8.24. The Morgan fingerprint density at radius 2 is 2.33 bits per heavy atom. The van der Waals surface area contributed by atoms with Crippen molar-refractivity contribution in [1.82, 2.24) is 0 Å². The molecule has 0 unspecified atom stereocenters. The Morgan fingerprint density at radius 1 is 1.78 bits per heavy atom. The van der Waals surface area contributed by atoms with Crippen LogP contribution in [0.2, 0.25) is 0 Å². The maximum atomic E-state index is 9.97. The quantitative estimate of drug-likeness (QED) is 0.487. The molecule has 0 bridgehead atoms. The fourth-order valence-corrected chi connectivity index (χ4v) is 0.363. The predicted octanol–water partition coefficient (Wildman–Crippen LogP) is 1.77. The molecule has 0 atom stereocenters. The monoisotopic (exact) mass is 146 g/mol. The second-order valence-electron chi connectivity index (χ2n) is 1.38. The average molecular weight is 147 g/mol. The number of rotatable bonds is 3. The molecule has 0 saturated heterocycles. The van der Waals surface area contributed by atoms with E-state index < -0.39 is 5.97 Å². The third-order valence-corrected chi connectivity index (χ3v) is 0.984. The van der Waals surface area contributed by atoms with Crippen LogP contribution >= 0.6 is 11.6 Å². The van der Waals surface area contributed by atoms with E-state index in [9.17, 15) is 4.79 Å². The van der Waals surface area contributed by atoms with Gasteiger partial charge in [-0.25, -0.2) is 4.79 Å². The highest BCUT2D eigenvalue weighted by Crippen LogP contribution is 2.01. The van der Waals surface area contributed by atoms with Crippen molar-refractivity contribution in [2.75, 3.05) is 0 Å². The van der Waals surface area contributed by atoms with Crippen LogP contribution in [0.4, 0.5) is 0 Å². The second-order valence-corrected chi connectivity index (χ2v) is 1.79. The summed E-state index contributed by atoms with van der Waals surface area (Å²) < 4.78 is 0. The fraction of sp³-hybridized carbons (Fsp3) is 0.167. The van der Waals surface area contributed by atoms with Gasteiger partial charge >= 0.3 is 5.97 Å². The van der Waals surface area contributed by atoms with Gasteiger partial charge in [-0.05, 0) is 6.42 Å². The molecule has 0 aromatic carbocycles. The van der Waals surface area contributed by atoms with Crippen LogP contribution < -0.4 is 0 Å². The van der Waals surface area contributed by atoms with Gasteiger partial charge in [0.1, 0.15) is 5.03 Å². The number of carboxylic acids is 1. The van der Waals surface area contributed by atoms with Crippen LogP contribution in [0.3, 0.4) is 0 Å². The fourth-order valence-electron chi connectivity index (χ4n) is 0.274. The second kappa shape index (κ2) is 4.15. The molecule has 0 aliphatic heterocycles. The standard InChI is InChI=1S/C6H7ClO2/c1-2-3-4-5(7)6(8)9/h2,4H,1,3H2,(H,8,9)/b5-4-. The Bertz CT molecular complexity index is 149. The molecule has 0 aliphatic rings. The van der Waals surface area contributed by atoms with Gasteiger partial charge in [0.2, 0.25) is 0 Å². The van der Waals surface area contributed by atoms with Gasteiger partial charge in [-0.1, -0.05) is 23.8 Å². The molecule has 2 nitrogen and oxygen atoms in total. The lowest BCUT2D eigenvalue weighted by molar-refractivity contribution is -0.131. The predicted molar refractivity (Wildman–Crippen MR) is 36.4 cm³/mol. The summed E-state index contributed by atoms with van der Waals surface area (Å²) in [6, 6.07) is 0. The molecule has 1 N–H and O–H groups in total. The lowest BCUT2D eigenvalue weighted by Gasteiger charge is -1.85. The van der Waals surface area contributed by atoms with Crippen molar-refractivity contribution in [1.29, 1.82) is 0 Å². The maximum absolute atomic E-state index is 9.97. The van der Waals surface area contributed by atoms with E-state index >= 15 is 0 Å². The van der Waals surface area contributed by atoms with E-state index in [0.717, 1.165) is 0 Å². The van der Waals surface area contributed by atoms with Crippen LogP contribution in [0, 0.1) is 0 Å². The third kappa shape index (κ3) is 3.79. The third-order valence-electron chi connectivity index (χ3n) is 0.668. The van der Waals surface area contributed by atoms with Gasteiger partial charge in [0.05, 0.1) is 0 Å². The molecule has 0 aliphatic carbocycles. The van der Waals surface area contributed by atoms with Gasteiger partial charge in [-0.15, -0.1) is 6.58 Å². The number of aliphatic carboxylic acids is 1. The molecular formula is C6H7ClO2. The van der Waals surface area contributed by atoms with E-state index in [1.807, 2.05) is 0 Å². The molecule has 0 radical (unpaired) electrons. The molecule has 0 aromatic rings. The Balaban J connectivity index is 3.83. The minimum absolute atomic E-state index is 0.157. The summed E-state index contributed by atoms with van der Waals surface area (Å²) in [7, 11) is 0. The van der Waals surface area contributed by atoms with E-state index in [1.54, 1.807) is 6.08 Å². The van der Waals surface area contributed by atoms with Gasteiger partial charge < -0.3 is 5.11 Å². The van der Waals surface area contributed by atoms with E-state index in [0.29, 0.717) is 6.42 Å². The summed E-state index contributed by atoms with van der Waals surface area (Å²) in [5.41, 5.74) is 0. The first-order valence-corrected chi connectivity index (χ1v) is 2.76. The van der Waals surface area contributed by atoms with E-state index in [2.05, 4.69) is 6.58 Å². The Labute approximate surface area is 58.4 Å². The Hall–Kier alpha value is -0.760. The van der Waals surface area contributed by atoms with Crippen molar-refractivity contribution in [2.24, 2.45) is 0 Å². The highest BCUT2D eigenvalue weighted by Gasteiger charge is 1.98. The number of hydrogen-bond acceptors (Lipinski definition) is 1. The maximum Gasteiger partial charge on any atom is 0.346 e. The van der Waals surface area contributed by atoms with Crippen molar-refractivity contribution in [3.63, 3.8) is 0 Å². The molecular weight excluding hydrogens is 140 g/mol. The first-order valence-electron chi connectivity index (χ1n) is 2.38. The van der Waals surface area contributed by atoms with Crippen LogP contribution in [0.5, 0.6) is 0 Å². The van der Waals surface area contributed by atoms with Crippen molar-refractivity contribution in [2.45, 2.75) is 6.42 Å². The highest BCUT2D eigenvalue weighted by atomic mass is 35.5. The molecule has 0 heterocycles. The Kier molecular flexibility index (Phi) is 3.80. The van der Waals surface area contributed by atoms with Crippen molar-refractivity contribution < 1.29 is 9.90 Å². The van der Waals surface area contributed by atoms with E-state index in [-0.39, 0.29) is 5.03 Å². The normalized spacial score (nSPS) is 11.0. The number of halogens is 1. The zero-order valence-electron chi connectivity index (χ0n) is 4.80. The molecule has 0 fully saturated rings. The summed E-state index contributed by atoms with van der Waals surface area (Å²) in [6.07, 6.45) is 3.45. The van der Waals surface area contributed by atoms with Crippen LogP contribution in [0.1, 0.15) is 6.42 Å². The topological polar surface area (TPSA) is 37.3 Å². The Morgan fingerprint density at radius 3 is 2.67 bits per heavy atom. The van der Waals surface area contributed by atoms with Gasteiger partial charge in [-0.3, -0.25) is 0 Å². The number of allylic oxidation sites excluding steroid dienone is 2. The lowest BCUT2D eigenvalue weighted by Crippen LogP contribution is -1.92. The summed E-state index contributed by atoms with van der Waals surface area (Å²) in [4.78, 5) is 9.97. The van der Waals surface area contributed by atoms with Gasteiger partial charge in [0, 0.05) is 0 Å². The molecule has 50 valence electrons. The number of carboxylic acid groups (broad SMARTS) is 1. The minimum Gasteiger partial charge on any atom is -0.477 e. The summed E-state index contributed by atoms with van der Waals surface area (Å²) in [6.45, 7) is 3.40. The van der Waals surface area contributed by atoms with Gasteiger partial charge in [0.25, 0.3) is 0 Å². The van der Waals surface area contributed by atoms with Crippen molar-refractivity contribution in [3.05, 3.63) is 23.8 Å². The van der Waals surface area contributed by atoms with Crippen LogP contribution in [0.25, 0.3) is 0 Å². The van der Waals surface area contributed by atoms with Crippen LogP contribution in [0.15, 0.2) is 23.8 Å². The molecule has 0 spiro atoms. The molecule has 3 heteroatoms. The zero-order chi connectivity index (χ0) is 7.28. The summed E-state index contributed by atoms with van der Waals surface area (Å²) in [5, 5.41) is 8.02. The largest absolute Gasteiger partial charge is 0.477 e. The van der Waals surface area contributed by atoms with Crippen LogP contribution in [-0.4, -0.2) is 11.1 Å². The van der Waals surface area contributed by atoms with E-state index in [4.69, 9.17) is 16.7 Å². The molecule has 9 heavy (non-hydrogen) atoms. The number of carbonyl (C=O) groups is 1. The minimum atomic E-state index is -1.10. The smallest absolute Gasteiger partial charge is 0.346 e. The molecule has 0 amide bonds. The zero-order valence-corrected chi connectivity index (χ0v) is 5.56. The highest BCUT2D eigenvalue weighted by molar-refractivity contribution is 6.40.